The summed E-state index contributed by atoms with van der Waals surface area (Å²) >= 11 is 0. The minimum atomic E-state index is -4.94. The summed E-state index contributed by atoms with van der Waals surface area (Å²) in [5.74, 6) is -3.02. The number of alkyl halides is 3. The van der Waals surface area contributed by atoms with E-state index in [4.69, 9.17) is 4.74 Å². The Morgan fingerprint density at radius 1 is 1.17 bits per heavy atom. The molecule has 1 saturated heterocycles. The fourth-order valence-electron chi connectivity index (χ4n) is 2.47. The Kier molecular flexibility index (Phi) is 6.39. The van der Waals surface area contributed by atoms with Crippen molar-refractivity contribution in [1.82, 2.24) is 15.5 Å². The number of nitrogens with zero attached hydrogens (tertiary/aromatic N) is 1. The smallest absolute Gasteiger partial charge is 0.419 e. The summed E-state index contributed by atoms with van der Waals surface area (Å²) in [5.41, 5.74) is -2.63. The highest BCUT2D eigenvalue weighted by Crippen LogP contribution is 2.31. The molecule has 0 radical (unpaired) electrons. The van der Waals surface area contributed by atoms with Crippen molar-refractivity contribution in [2.45, 2.75) is 38.6 Å². The van der Waals surface area contributed by atoms with E-state index in [1.807, 2.05) is 0 Å². The molecule has 1 heterocycles. The fraction of sp³-hybridized carbons (Fsp3) is 0.500. The molecule has 0 aliphatic carbocycles. The molecule has 0 unspecified atom stereocenters. The van der Waals surface area contributed by atoms with Crippen LogP contribution in [0, 0.1) is 5.82 Å². The third-order valence-corrected chi connectivity index (χ3v) is 3.84. The van der Waals surface area contributed by atoms with Crippen LogP contribution in [0.3, 0.4) is 0 Å². The topological polar surface area (TPSA) is 87.7 Å². The maximum atomic E-state index is 13.3. The molecule has 0 aromatic heterocycles. The molecule has 160 valence electrons. The molecule has 0 bridgehead atoms. The molecule has 11 heteroatoms. The first-order valence-corrected chi connectivity index (χ1v) is 8.68. The van der Waals surface area contributed by atoms with E-state index in [9.17, 15) is 31.9 Å². The zero-order valence-electron chi connectivity index (χ0n) is 16.0. The molecule has 0 atom stereocenters. The van der Waals surface area contributed by atoms with Crippen molar-refractivity contribution < 1.29 is 36.7 Å². The highest BCUT2D eigenvalue weighted by molar-refractivity contribution is 5.96. The van der Waals surface area contributed by atoms with Gasteiger partial charge in [0.1, 0.15) is 11.4 Å². The Hall–Kier alpha value is -2.85. The number of carbonyl (C=O) groups is 3. The molecule has 0 saturated carbocycles. The van der Waals surface area contributed by atoms with Crippen molar-refractivity contribution >= 4 is 17.9 Å². The molecule has 2 rings (SSSR count). The lowest BCUT2D eigenvalue weighted by Crippen LogP contribution is -2.62. The van der Waals surface area contributed by atoms with E-state index in [1.54, 1.807) is 20.8 Å². The number of hydrogen-bond donors (Lipinski definition) is 2. The van der Waals surface area contributed by atoms with E-state index < -0.39 is 53.2 Å². The average molecular weight is 419 g/mol. The predicted molar refractivity (Wildman–Crippen MR) is 93.5 cm³/mol. The molecule has 1 aromatic carbocycles. The highest BCUT2D eigenvalue weighted by atomic mass is 19.4. The molecule has 1 fully saturated rings. The number of amides is 3. The summed E-state index contributed by atoms with van der Waals surface area (Å²) in [6.45, 7) is 5.17. The molecular formula is C18H21F4N3O4. The molecule has 3 amide bonds. The van der Waals surface area contributed by atoms with Crippen LogP contribution in [0.25, 0.3) is 0 Å². The van der Waals surface area contributed by atoms with E-state index in [0.717, 1.165) is 6.07 Å². The lowest BCUT2D eigenvalue weighted by molar-refractivity contribution is -0.140. The van der Waals surface area contributed by atoms with E-state index in [-0.39, 0.29) is 19.1 Å². The molecule has 7 nitrogen and oxygen atoms in total. The zero-order chi connectivity index (χ0) is 22.0. The third-order valence-electron chi connectivity index (χ3n) is 3.84. The van der Waals surface area contributed by atoms with Gasteiger partial charge in [-0.3, -0.25) is 9.59 Å². The largest absolute Gasteiger partial charge is 0.444 e. The van der Waals surface area contributed by atoms with Gasteiger partial charge in [0.25, 0.3) is 5.91 Å². The van der Waals surface area contributed by atoms with Crippen molar-refractivity contribution in [2.75, 3.05) is 19.6 Å². The van der Waals surface area contributed by atoms with Crippen LogP contribution < -0.4 is 10.6 Å². The van der Waals surface area contributed by atoms with E-state index in [2.05, 4.69) is 10.6 Å². The summed E-state index contributed by atoms with van der Waals surface area (Å²) < 4.78 is 56.5. The summed E-state index contributed by atoms with van der Waals surface area (Å²) in [7, 11) is 0. The lowest BCUT2D eigenvalue weighted by Gasteiger charge is -2.39. The van der Waals surface area contributed by atoms with E-state index >= 15 is 0 Å². The number of rotatable bonds is 4. The Bertz CT molecular complexity index is 799. The maximum absolute atomic E-state index is 13.3. The maximum Gasteiger partial charge on any atom is 0.419 e. The average Bonchev–Trinajstić information content (AvgIpc) is 2.53. The Morgan fingerprint density at radius 3 is 2.34 bits per heavy atom. The van der Waals surface area contributed by atoms with Crippen LogP contribution in [0.4, 0.5) is 22.4 Å². The number of nitrogens with one attached hydrogen (secondary N) is 2. The summed E-state index contributed by atoms with van der Waals surface area (Å²) in [6.07, 6.45) is -5.45. The number of hydrogen-bond acceptors (Lipinski definition) is 4. The van der Waals surface area contributed by atoms with Gasteiger partial charge < -0.3 is 20.3 Å². The van der Waals surface area contributed by atoms with Crippen LogP contribution in [0.1, 0.15) is 36.7 Å². The molecule has 1 aliphatic rings. The number of likely N-dealkylation sites (tertiary alicyclic amines) is 1. The quantitative estimate of drug-likeness (QED) is 0.734. The van der Waals surface area contributed by atoms with E-state index in [0.29, 0.717) is 12.1 Å². The molecule has 2 N–H and O–H groups in total. The molecule has 29 heavy (non-hydrogen) atoms. The lowest BCUT2D eigenvalue weighted by atomic mass is 10.1. The SMILES string of the molecule is CC(C)(C)OC(=O)N1CC(NC(=O)CNC(=O)c2ccc(F)c(C(F)(F)F)c2)C1. The minimum absolute atomic E-state index is 0.238. The summed E-state index contributed by atoms with van der Waals surface area (Å²) in [5, 5.41) is 4.74. The number of ether oxygens (including phenoxy) is 1. The van der Waals surface area contributed by atoms with Gasteiger partial charge in [-0.2, -0.15) is 13.2 Å². The van der Waals surface area contributed by atoms with Crippen molar-refractivity contribution in [2.24, 2.45) is 0 Å². The van der Waals surface area contributed by atoms with Gasteiger partial charge in [0.15, 0.2) is 0 Å². The normalized spacial score (nSPS) is 14.8. The van der Waals surface area contributed by atoms with Crippen molar-refractivity contribution in [3.05, 3.63) is 35.1 Å². The zero-order valence-corrected chi connectivity index (χ0v) is 16.0. The number of halogens is 4. The van der Waals surface area contributed by atoms with Gasteiger partial charge in [0.05, 0.1) is 18.2 Å². The van der Waals surface area contributed by atoms with Gasteiger partial charge in [-0.25, -0.2) is 9.18 Å². The van der Waals surface area contributed by atoms with Crippen molar-refractivity contribution in [3.63, 3.8) is 0 Å². The molecular weight excluding hydrogens is 398 g/mol. The Balaban J connectivity index is 1.79. The first-order valence-electron chi connectivity index (χ1n) is 8.68. The summed E-state index contributed by atoms with van der Waals surface area (Å²) in [4.78, 5) is 37.0. The van der Waals surface area contributed by atoms with Gasteiger partial charge in [-0.15, -0.1) is 0 Å². The van der Waals surface area contributed by atoms with E-state index in [1.165, 1.54) is 4.90 Å². The van der Waals surface area contributed by atoms with Crippen LogP contribution in [-0.4, -0.2) is 54.1 Å². The van der Waals surface area contributed by atoms with Gasteiger partial charge in [-0.05, 0) is 39.0 Å². The second-order valence-corrected chi connectivity index (χ2v) is 7.52. The number of carbonyl (C=O) groups excluding carboxylic acids is 3. The van der Waals surface area contributed by atoms with Crippen molar-refractivity contribution in [1.29, 1.82) is 0 Å². The summed E-state index contributed by atoms with van der Waals surface area (Å²) in [6, 6.07) is 1.49. The third kappa shape index (κ3) is 6.33. The molecule has 1 aliphatic heterocycles. The monoisotopic (exact) mass is 419 g/mol. The van der Waals surface area contributed by atoms with Crippen LogP contribution >= 0.6 is 0 Å². The molecule has 0 spiro atoms. The van der Waals surface area contributed by atoms with Gasteiger partial charge in [-0.1, -0.05) is 0 Å². The van der Waals surface area contributed by atoms with Gasteiger partial charge in [0.2, 0.25) is 5.91 Å². The first-order chi connectivity index (χ1) is 13.3. The Morgan fingerprint density at radius 2 is 1.79 bits per heavy atom. The van der Waals surface area contributed by atoms with Gasteiger partial charge in [0, 0.05) is 18.7 Å². The Labute approximate surface area is 164 Å². The first kappa shape index (κ1) is 22.4. The van der Waals surface area contributed by atoms with Crippen LogP contribution in [0.5, 0.6) is 0 Å². The highest BCUT2D eigenvalue weighted by Gasteiger charge is 2.35. The van der Waals surface area contributed by atoms with Crippen molar-refractivity contribution in [3.8, 4) is 0 Å². The minimum Gasteiger partial charge on any atom is -0.444 e. The molecule has 1 aromatic rings. The second-order valence-electron chi connectivity index (χ2n) is 7.52. The number of benzene rings is 1. The van der Waals surface area contributed by atoms with Gasteiger partial charge >= 0.3 is 12.3 Å². The van der Waals surface area contributed by atoms with Crippen LogP contribution in [-0.2, 0) is 15.7 Å². The predicted octanol–water partition coefficient (Wildman–Crippen LogP) is 2.31. The second kappa shape index (κ2) is 8.26. The standard InChI is InChI=1S/C18H21F4N3O4/c1-17(2,3)29-16(28)25-8-11(9-25)24-14(26)7-23-15(27)10-4-5-13(19)12(6-10)18(20,21)22/h4-6,11H,7-9H2,1-3H3,(H,23,27)(H,24,26). The fourth-order valence-corrected chi connectivity index (χ4v) is 2.47. The van der Waals surface area contributed by atoms with Crippen LogP contribution in [0.15, 0.2) is 18.2 Å². The van der Waals surface area contributed by atoms with Crippen LogP contribution in [0.2, 0.25) is 0 Å².